The first-order valence-corrected chi connectivity index (χ1v) is 20.7. The topological polar surface area (TPSA) is 186 Å². The van der Waals surface area contributed by atoms with Crippen LogP contribution in [-0.4, -0.2) is 113 Å². The second-order valence-electron chi connectivity index (χ2n) is 14.3. The van der Waals surface area contributed by atoms with Crippen molar-refractivity contribution in [2.75, 3.05) is 44.9 Å². The fourth-order valence-electron chi connectivity index (χ4n) is 7.22. The smallest absolute Gasteiger partial charge is 0.416 e. The number of fused-ring (bicyclic) bond motifs is 4. The first-order chi connectivity index (χ1) is 27.8. The van der Waals surface area contributed by atoms with E-state index in [1.54, 1.807) is 49.2 Å². The first-order valence-electron chi connectivity index (χ1n) is 18.5. The summed E-state index contributed by atoms with van der Waals surface area (Å²) in [4.78, 5) is 65.0. The molecule has 0 saturated carbocycles. The standard InChI is InChI=1S/C40H42N6O10S2/c1-22-12-26-18-42-29-16-35(34(53-5)15-27(29)37(47)43(26)19-22)55-11-7-10-54-33-17-31-28(14-24(33)3)38(48)44-20-23(2)13-32(44)39(49)45(31)40(50)56-21-25(4)57-58-36-30(46(51)52)8-6-9-41-36/h6,8-9,14-18,25-26,32,39,49H,1-2,7,10-13,19-21H2,3-5H3/t25-,26+,32+,39+/m1/s1. The highest BCUT2D eigenvalue weighted by molar-refractivity contribution is 8.77. The van der Waals surface area contributed by atoms with E-state index in [1.807, 2.05) is 0 Å². The van der Waals surface area contributed by atoms with E-state index in [1.165, 1.54) is 41.1 Å². The lowest BCUT2D eigenvalue weighted by atomic mass is 10.1. The molecule has 2 aromatic carbocycles. The number of hydrogen-bond acceptors (Lipinski definition) is 14. The normalized spacial score (nSPS) is 20.1. The van der Waals surface area contributed by atoms with Gasteiger partial charge in [0, 0.05) is 55.4 Å². The predicted octanol–water partition coefficient (Wildman–Crippen LogP) is 6.52. The monoisotopic (exact) mass is 830 g/mol. The Morgan fingerprint density at radius 2 is 1.76 bits per heavy atom. The number of aliphatic imine (C=N–C) groups is 1. The maximum atomic E-state index is 13.9. The second-order valence-corrected chi connectivity index (χ2v) is 17.0. The number of aryl methyl sites for hydroxylation is 1. The number of amides is 3. The van der Waals surface area contributed by atoms with Crippen molar-refractivity contribution in [3.05, 3.63) is 93.7 Å². The number of pyridine rings is 1. The van der Waals surface area contributed by atoms with E-state index in [9.17, 15) is 29.6 Å². The highest BCUT2D eigenvalue weighted by atomic mass is 33.1. The number of carbonyl (C=O) groups excluding carboxylic acids is 3. The average Bonchev–Trinajstić information content (AvgIpc) is 3.74. The Labute approximate surface area is 342 Å². The molecule has 4 aliphatic rings. The van der Waals surface area contributed by atoms with Crippen molar-refractivity contribution in [2.45, 2.75) is 61.7 Å². The molecule has 7 rings (SSSR count). The van der Waals surface area contributed by atoms with Crippen molar-refractivity contribution in [2.24, 2.45) is 4.99 Å². The summed E-state index contributed by atoms with van der Waals surface area (Å²) in [6, 6.07) is 8.49. The molecule has 4 atom stereocenters. The minimum atomic E-state index is -1.46. The van der Waals surface area contributed by atoms with E-state index in [0.29, 0.717) is 59.9 Å². The molecule has 1 aromatic heterocycles. The number of ether oxygens (including phenoxy) is 4. The molecule has 5 heterocycles. The van der Waals surface area contributed by atoms with Crippen molar-refractivity contribution in [3.63, 3.8) is 0 Å². The van der Waals surface area contributed by atoms with Gasteiger partial charge >= 0.3 is 11.8 Å². The number of rotatable bonds is 13. The maximum Gasteiger partial charge on any atom is 0.416 e. The van der Waals surface area contributed by atoms with Gasteiger partial charge in [-0.05, 0) is 61.2 Å². The fourth-order valence-corrected chi connectivity index (χ4v) is 9.25. The second kappa shape index (κ2) is 17.1. The van der Waals surface area contributed by atoms with Crippen LogP contribution < -0.4 is 19.1 Å². The Morgan fingerprint density at radius 3 is 2.52 bits per heavy atom. The van der Waals surface area contributed by atoms with Crippen molar-refractivity contribution >= 4 is 62.8 Å². The Hall–Kier alpha value is -5.59. The summed E-state index contributed by atoms with van der Waals surface area (Å²) in [5.41, 5.74) is 3.47. The van der Waals surface area contributed by atoms with E-state index in [4.69, 9.17) is 18.9 Å². The molecule has 16 nitrogen and oxygen atoms in total. The number of nitrogens with zero attached hydrogens (tertiary/aromatic N) is 6. The Bertz CT molecular complexity index is 2220. The van der Waals surface area contributed by atoms with Gasteiger partial charge in [0.2, 0.25) is 0 Å². The largest absolute Gasteiger partial charge is 0.493 e. The van der Waals surface area contributed by atoms with Gasteiger partial charge in [-0.1, -0.05) is 35.1 Å². The van der Waals surface area contributed by atoms with E-state index >= 15 is 0 Å². The molecule has 3 amide bonds. The van der Waals surface area contributed by atoms with Crippen LogP contribution >= 0.6 is 21.6 Å². The van der Waals surface area contributed by atoms with E-state index in [0.717, 1.165) is 26.8 Å². The lowest BCUT2D eigenvalue weighted by molar-refractivity contribution is -0.388. The summed E-state index contributed by atoms with van der Waals surface area (Å²) >= 11 is 0. The van der Waals surface area contributed by atoms with Crippen LogP contribution in [0.2, 0.25) is 0 Å². The van der Waals surface area contributed by atoms with Crippen molar-refractivity contribution in [1.82, 2.24) is 14.8 Å². The molecule has 4 aliphatic heterocycles. The van der Waals surface area contributed by atoms with Crippen LogP contribution in [0, 0.1) is 17.0 Å². The number of carbonyl (C=O) groups is 3. The van der Waals surface area contributed by atoms with Gasteiger partial charge in [-0.2, -0.15) is 0 Å². The molecule has 0 spiro atoms. The molecule has 0 radical (unpaired) electrons. The highest BCUT2D eigenvalue weighted by Gasteiger charge is 2.46. The molecule has 3 aromatic rings. The van der Waals surface area contributed by atoms with Crippen LogP contribution in [0.15, 0.2) is 76.9 Å². The molecule has 58 heavy (non-hydrogen) atoms. The minimum Gasteiger partial charge on any atom is -0.493 e. The fraction of sp³-hybridized carbons (Fsp3) is 0.375. The third-order valence-corrected chi connectivity index (χ3v) is 12.9. The van der Waals surface area contributed by atoms with Crippen LogP contribution in [0.5, 0.6) is 17.2 Å². The number of nitro groups is 1. The number of benzene rings is 2. The number of anilines is 1. The lowest BCUT2D eigenvalue weighted by Gasteiger charge is -2.31. The zero-order valence-electron chi connectivity index (χ0n) is 32.1. The molecule has 1 N–H and O–H groups in total. The quantitative estimate of drug-likeness (QED) is 0.0646. The van der Waals surface area contributed by atoms with Gasteiger partial charge in [-0.3, -0.25) is 24.7 Å². The molecule has 0 aliphatic carbocycles. The molecule has 18 heteroatoms. The Balaban J connectivity index is 1.03. The third kappa shape index (κ3) is 8.21. The number of aromatic nitrogens is 1. The number of aliphatic hydroxyl groups is 1. The minimum absolute atomic E-state index is 0.104. The summed E-state index contributed by atoms with van der Waals surface area (Å²) in [7, 11) is 3.84. The number of hydrogen-bond donors (Lipinski definition) is 1. The molecular formula is C40H42N6O10S2. The van der Waals surface area contributed by atoms with Gasteiger partial charge in [0.15, 0.2) is 22.8 Å². The lowest BCUT2D eigenvalue weighted by Crippen LogP contribution is -2.51. The summed E-state index contributed by atoms with van der Waals surface area (Å²) in [6.07, 6.45) is 2.29. The van der Waals surface area contributed by atoms with Crippen LogP contribution in [0.1, 0.15) is 52.5 Å². The Kier molecular flexibility index (Phi) is 12.0. The summed E-state index contributed by atoms with van der Waals surface area (Å²) < 4.78 is 23.5. The average molecular weight is 831 g/mol. The first kappa shape index (κ1) is 40.6. The van der Waals surface area contributed by atoms with Gasteiger partial charge < -0.3 is 33.9 Å². The van der Waals surface area contributed by atoms with Gasteiger partial charge in [0.05, 0.1) is 59.8 Å². The van der Waals surface area contributed by atoms with E-state index in [-0.39, 0.29) is 71.4 Å². The molecule has 0 bridgehead atoms. The van der Waals surface area contributed by atoms with Gasteiger partial charge in [-0.25, -0.2) is 14.7 Å². The zero-order chi connectivity index (χ0) is 41.2. The molecular weight excluding hydrogens is 789 g/mol. The summed E-state index contributed by atoms with van der Waals surface area (Å²) in [6.45, 7) is 12.7. The SMILES string of the molecule is C=C1C[C@H]2C=Nc3cc(OCCCOc4cc5c(cc4C)C(=O)N4CC(=C)C[C@H]4[C@H](O)N5C(=O)OC[C@@H](C)SSc4ncccc4[N+](=O)[O-])c(OC)cc3C(=O)N2C1. The molecule has 304 valence electrons. The van der Waals surface area contributed by atoms with Crippen LogP contribution in [-0.2, 0) is 4.74 Å². The van der Waals surface area contributed by atoms with Crippen LogP contribution in [0.4, 0.5) is 21.9 Å². The van der Waals surface area contributed by atoms with Crippen LogP contribution in [0.3, 0.4) is 0 Å². The number of methoxy groups -OCH3 is 1. The van der Waals surface area contributed by atoms with Crippen molar-refractivity contribution in [3.8, 4) is 17.2 Å². The predicted molar refractivity (Wildman–Crippen MR) is 219 cm³/mol. The maximum absolute atomic E-state index is 13.9. The molecule has 2 fully saturated rings. The van der Waals surface area contributed by atoms with Crippen molar-refractivity contribution in [1.29, 1.82) is 0 Å². The van der Waals surface area contributed by atoms with Crippen LogP contribution in [0.25, 0.3) is 0 Å². The summed E-state index contributed by atoms with van der Waals surface area (Å²) in [5, 5.41) is 23.0. The zero-order valence-corrected chi connectivity index (χ0v) is 33.8. The highest BCUT2D eigenvalue weighted by Crippen LogP contribution is 2.42. The number of aliphatic hydroxyl groups excluding tert-OH is 1. The van der Waals surface area contributed by atoms with Gasteiger partial charge in [0.25, 0.3) is 11.8 Å². The van der Waals surface area contributed by atoms with E-state index < -0.39 is 23.3 Å². The molecule has 0 unspecified atom stereocenters. The van der Waals surface area contributed by atoms with Crippen molar-refractivity contribution < 1.29 is 43.4 Å². The third-order valence-electron chi connectivity index (χ3n) is 10.1. The molecule has 2 saturated heterocycles. The Morgan fingerprint density at radius 1 is 1.03 bits per heavy atom. The van der Waals surface area contributed by atoms with E-state index in [2.05, 4.69) is 23.1 Å². The van der Waals surface area contributed by atoms with Gasteiger partial charge in [-0.15, -0.1) is 0 Å². The summed E-state index contributed by atoms with van der Waals surface area (Å²) in [5.74, 6) is 0.702. The van der Waals surface area contributed by atoms with Gasteiger partial charge in [0.1, 0.15) is 12.4 Å².